The predicted octanol–water partition coefficient (Wildman–Crippen LogP) is 2.18. The summed E-state index contributed by atoms with van der Waals surface area (Å²) >= 11 is 1.49. The van der Waals surface area contributed by atoms with Gasteiger partial charge in [-0.05, 0) is 43.7 Å². The van der Waals surface area contributed by atoms with Crippen LogP contribution in [0.25, 0.3) is 0 Å². The number of hydrogen-bond acceptors (Lipinski definition) is 4. The van der Waals surface area contributed by atoms with Crippen LogP contribution in [0.15, 0.2) is 6.07 Å². The average molecular weight is 365 g/mol. The first kappa shape index (κ1) is 19.4. The van der Waals surface area contributed by atoms with Crippen LogP contribution in [0.3, 0.4) is 0 Å². The highest BCUT2D eigenvalue weighted by Gasteiger charge is 2.25. The van der Waals surface area contributed by atoms with Crippen LogP contribution in [0.4, 0.5) is 0 Å². The van der Waals surface area contributed by atoms with Crippen LogP contribution in [0, 0.1) is 11.3 Å². The number of fused-ring (bicyclic) bond motifs is 1. The Morgan fingerprint density at radius 2 is 1.92 bits per heavy atom. The molecule has 138 valence electrons. The quantitative estimate of drug-likeness (QED) is 0.718. The molecule has 1 aliphatic carbocycles. The number of rotatable bonds is 3. The van der Waals surface area contributed by atoms with Gasteiger partial charge >= 0.3 is 0 Å². The molecule has 1 heterocycles. The van der Waals surface area contributed by atoms with Gasteiger partial charge in [0.1, 0.15) is 6.04 Å². The number of carbonyl (C=O) groups excluding carboxylic acids is 3. The fraction of sp³-hybridized carbons (Fsp3) is 0.611. The van der Waals surface area contributed by atoms with E-state index in [-0.39, 0.29) is 11.8 Å². The summed E-state index contributed by atoms with van der Waals surface area (Å²) in [6.07, 6.45) is 3.16. The van der Waals surface area contributed by atoms with Crippen molar-refractivity contribution in [2.45, 2.75) is 59.9 Å². The van der Waals surface area contributed by atoms with E-state index in [1.807, 2.05) is 6.07 Å². The highest BCUT2D eigenvalue weighted by atomic mass is 32.1. The van der Waals surface area contributed by atoms with Gasteiger partial charge in [0.25, 0.3) is 11.8 Å². The molecule has 0 saturated heterocycles. The minimum Gasteiger partial charge on any atom is -0.344 e. The van der Waals surface area contributed by atoms with E-state index in [9.17, 15) is 14.4 Å². The third kappa shape index (κ3) is 5.04. The van der Waals surface area contributed by atoms with Gasteiger partial charge in [0.15, 0.2) is 0 Å². The smallest absolute Gasteiger partial charge is 0.279 e. The minimum absolute atomic E-state index is 0.221. The number of amides is 3. The van der Waals surface area contributed by atoms with Gasteiger partial charge in [-0.1, -0.05) is 27.7 Å². The van der Waals surface area contributed by atoms with Gasteiger partial charge in [0.05, 0.1) is 4.88 Å². The Hall–Kier alpha value is -1.89. The standard InChI is InChI=1S/C18H27N3O3S/c1-10-6-7-13-12(8-10)9-14(25-13)16(23)21-20-15(22)11(2)19-17(24)18(3,4)5/h9-11H,6-8H2,1-5H3,(H,19,24)(H,20,22)(H,21,23). The highest BCUT2D eigenvalue weighted by molar-refractivity contribution is 7.14. The Morgan fingerprint density at radius 1 is 1.24 bits per heavy atom. The Morgan fingerprint density at radius 3 is 2.56 bits per heavy atom. The zero-order chi connectivity index (χ0) is 18.8. The zero-order valence-corrected chi connectivity index (χ0v) is 16.3. The molecule has 3 N–H and O–H groups in total. The van der Waals surface area contributed by atoms with E-state index in [2.05, 4.69) is 23.1 Å². The minimum atomic E-state index is -0.732. The van der Waals surface area contributed by atoms with Crippen molar-refractivity contribution in [2.24, 2.45) is 11.3 Å². The van der Waals surface area contributed by atoms with Crippen molar-refractivity contribution in [2.75, 3.05) is 0 Å². The SMILES string of the molecule is CC1CCc2sc(C(=O)NNC(=O)C(C)NC(=O)C(C)(C)C)cc2C1. The Bertz CT molecular complexity index is 676. The first-order valence-electron chi connectivity index (χ1n) is 8.60. The summed E-state index contributed by atoms with van der Waals surface area (Å²) in [6, 6.07) is 1.19. The number of aryl methyl sites for hydroxylation is 1. The summed E-state index contributed by atoms with van der Waals surface area (Å²) in [4.78, 5) is 38.1. The number of thiophene rings is 1. The molecule has 1 aliphatic rings. The lowest BCUT2D eigenvalue weighted by atomic mass is 9.90. The second-order valence-corrected chi connectivity index (χ2v) is 8.93. The van der Waals surface area contributed by atoms with Crippen molar-refractivity contribution in [3.8, 4) is 0 Å². The lowest BCUT2D eigenvalue weighted by Gasteiger charge is -2.21. The molecule has 7 heteroatoms. The van der Waals surface area contributed by atoms with E-state index < -0.39 is 17.4 Å². The molecule has 0 aliphatic heterocycles. The van der Waals surface area contributed by atoms with Crippen molar-refractivity contribution >= 4 is 29.1 Å². The number of hydrazine groups is 1. The van der Waals surface area contributed by atoms with Gasteiger partial charge in [0, 0.05) is 10.3 Å². The molecule has 1 aromatic heterocycles. The molecule has 6 nitrogen and oxygen atoms in total. The summed E-state index contributed by atoms with van der Waals surface area (Å²) in [5.74, 6) is -0.359. The zero-order valence-electron chi connectivity index (χ0n) is 15.5. The van der Waals surface area contributed by atoms with E-state index in [0.717, 1.165) is 19.3 Å². The summed E-state index contributed by atoms with van der Waals surface area (Å²) in [6.45, 7) is 9.11. The number of hydrogen-bond donors (Lipinski definition) is 3. The van der Waals surface area contributed by atoms with Crippen molar-refractivity contribution in [3.63, 3.8) is 0 Å². The highest BCUT2D eigenvalue weighted by Crippen LogP contribution is 2.32. The molecule has 0 fully saturated rings. The predicted molar refractivity (Wildman–Crippen MR) is 98.2 cm³/mol. The molecule has 2 rings (SSSR count). The molecule has 0 aromatic carbocycles. The lowest BCUT2D eigenvalue weighted by molar-refractivity contribution is -0.133. The van der Waals surface area contributed by atoms with Crippen LogP contribution in [0.2, 0.25) is 0 Å². The molecule has 0 bridgehead atoms. The first-order chi connectivity index (χ1) is 11.6. The fourth-order valence-electron chi connectivity index (χ4n) is 2.58. The van der Waals surface area contributed by atoms with E-state index in [1.54, 1.807) is 27.7 Å². The van der Waals surface area contributed by atoms with E-state index in [0.29, 0.717) is 10.8 Å². The Balaban J connectivity index is 1.87. The fourth-order valence-corrected chi connectivity index (χ4v) is 3.69. The molecule has 0 spiro atoms. The summed E-state index contributed by atoms with van der Waals surface area (Å²) in [5.41, 5.74) is 5.48. The monoisotopic (exact) mass is 365 g/mol. The largest absolute Gasteiger partial charge is 0.344 e. The molecule has 2 atom stereocenters. The van der Waals surface area contributed by atoms with Gasteiger partial charge in [0.2, 0.25) is 5.91 Å². The average Bonchev–Trinajstić information content (AvgIpc) is 2.94. The maximum atomic E-state index is 12.2. The topological polar surface area (TPSA) is 87.3 Å². The third-order valence-electron chi connectivity index (χ3n) is 4.27. The van der Waals surface area contributed by atoms with Crippen LogP contribution >= 0.6 is 11.3 Å². The number of nitrogens with one attached hydrogen (secondary N) is 3. The summed E-state index contributed by atoms with van der Waals surface area (Å²) in [5, 5.41) is 2.63. The van der Waals surface area contributed by atoms with E-state index in [4.69, 9.17) is 0 Å². The Labute approximate surface area is 152 Å². The van der Waals surface area contributed by atoms with Gasteiger partial charge in [-0.15, -0.1) is 11.3 Å². The molecule has 25 heavy (non-hydrogen) atoms. The normalized spacial score (nSPS) is 18.0. The molecule has 3 amide bonds. The summed E-state index contributed by atoms with van der Waals surface area (Å²) < 4.78 is 0. The maximum absolute atomic E-state index is 12.2. The van der Waals surface area contributed by atoms with Crippen LogP contribution < -0.4 is 16.2 Å². The third-order valence-corrected chi connectivity index (χ3v) is 5.51. The van der Waals surface area contributed by atoms with Gasteiger partial charge in [-0.2, -0.15) is 0 Å². The van der Waals surface area contributed by atoms with Gasteiger partial charge < -0.3 is 5.32 Å². The van der Waals surface area contributed by atoms with Crippen molar-refractivity contribution in [3.05, 3.63) is 21.4 Å². The second-order valence-electron chi connectivity index (χ2n) is 7.80. The van der Waals surface area contributed by atoms with Crippen LogP contribution in [0.1, 0.15) is 61.2 Å². The van der Waals surface area contributed by atoms with Gasteiger partial charge in [-0.3, -0.25) is 25.2 Å². The molecular weight excluding hydrogens is 338 g/mol. The molecule has 1 aromatic rings. The number of carbonyl (C=O) groups is 3. The van der Waals surface area contributed by atoms with Crippen LogP contribution in [0.5, 0.6) is 0 Å². The molecular formula is C18H27N3O3S. The molecule has 2 unspecified atom stereocenters. The molecule has 0 radical (unpaired) electrons. The van der Waals surface area contributed by atoms with Crippen LogP contribution in [-0.4, -0.2) is 23.8 Å². The van der Waals surface area contributed by atoms with Crippen molar-refractivity contribution < 1.29 is 14.4 Å². The summed E-state index contributed by atoms with van der Waals surface area (Å²) in [7, 11) is 0. The van der Waals surface area contributed by atoms with Crippen molar-refractivity contribution in [1.82, 2.24) is 16.2 Å². The first-order valence-corrected chi connectivity index (χ1v) is 9.42. The van der Waals surface area contributed by atoms with Crippen LogP contribution in [-0.2, 0) is 22.4 Å². The maximum Gasteiger partial charge on any atom is 0.279 e. The van der Waals surface area contributed by atoms with E-state index >= 15 is 0 Å². The van der Waals surface area contributed by atoms with Gasteiger partial charge in [-0.25, -0.2) is 0 Å². The second kappa shape index (κ2) is 7.56. The Kier molecular flexibility index (Phi) is 5.87. The van der Waals surface area contributed by atoms with E-state index in [1.165, 1.54) is 21.8 Å². The lowest BCUT2D eigenvalue weighted by Crippen LogP contribution is -2.52. The van der Waals surface area contributed by atoms with Crippen molar-refractivity contribution in [1.29, 1.82) is 0 Å². The molecule has 0 saturated carbocycles.